The fraction of sp³-hybridized carbons (Fsp3) is 0.400. The lowest BCUT2D eigenvalue weighted by Crippen LogP contribution is -2.24. The Morgan fingerprint density at radius 3 is 2.76 bits per heavy atom. The van der Waals surface area contributed by atoms with Crippen LogP contribution in [0.5, 0.6) is 0 Å². The maximum Gasteiger partial charge on any atom is 0.271 e. The molecule has 0 aromatic carbocycles. The topological polar surface area (TPSA) is 110 Å². The molecule has 0 aliphatic heterocycles. The molecule has 2 amide bonds. The molecule has 0 radical (unpaired) electrons. The molecule has 0 spiro atoms. The third-order valence-electron chi connectivity index (χ3n) is 2.19. The maximum absolute atomic E-state index is 11.9. The zero-order chi connectivity index (χ0) is 15.2. The number of hydrogen-bond donors (Lipinski definition) is 2. The van der Waals surface area contributed by atoms with Crippen LogP contribution in [-0.4, -0.2) is 43.9 Å². The first kappa shape index (κ1) is 15.8. The van der Waals surface area contributed by atoms with Crippen LogP contribution in [0.15, 0.2) is 4.34 Å². The Balaban J connectivity index is 1.90. The monoisotopic (exact) mass is 344 g/mol. The lowest BCUT2D eigenvalue weighted by atomic mass is 10.4. The standard InChI is InChI=1S/C10H12N6O2S3/c1-3-11-6(17)4-19-10-15-14-9(20-10)12-8(18)7-5(2)13-16-21-7/h3-4H2,1-2H3,(H,11,17)(H,12,14,18). The second-order valence-corrected chi connectivity index (χ2v) is 6.71. The van der Waals surface area contributed by atoms with Crippen LogP contribution in [0.2, 0.25) is 0 Å². The average molecular weight is 344 g/mol. The molecule has 0 saturated carbocycles. The van der Waals surface area contributed by atoms with Crippen molar-refractivity contribution >= 4 is 51.6 Å². The van der Waals surface area contributed by atoms with E-state index in [1.807, 2.05) is 6.92 Å². The molecular weight excluding hydrogens is 332 g/mol. The van der Waals surface area contributed by atoms with Crippen LogP contribution in [0.25, 0.3) is 0 Å². The van der Waals surface area contributed by atoms with Crippen molar-refractivity contribution in [3.05, 3.63) is 10.6 Å². The first-order chi connectivity index (χ1) is 10.1. The first-order valence-corrected chi connectivity index (χ1v) is 8.51. The van der Waals surface area contributed by atoms with Gasteiger partial charge in [-0.3, -0.25) is 14.9 Å². The van der Waals surface area contributed by atoms with Gasteiger partial charge in [0.2, 0.25) is 11.0 Å². The molecular formula is C10H12N6O2S3. The first-order valence-electron chi connectivity index (χ1n) is 5.93. The summed E-state index contributed by atoms with van der Waals surface area (Å²) in [6, 6.07) is 0. The molecule has 2 heterocycles. The molecule has 112 valence electrons. The van der Waals surface area contributed by atoms with Crippen LogP contribution in [0, 0.1) is 6.92 Å². The van der Waals surface area contributed by atoms with Gasteiger partial charge in [-0.25, -0.2) is 0 Å². The molecule has 0 atom stereocenters. The summed E-state index contributed by atoms with van der Waals surface area (Å²) < 4.78 is 4.33. The summed E-state index contributed by atoms with van der Waals surface area (Å²) in [5.41, 5.74) is 0.577. The highest BCUT2D eigenvalue weighted by atomic mass is 32.2. The van der Waals surface area contributed by atoms with Gasteiger partial charge in [-0.05, 0) is 25.4 Å². The van der Waals surface area contributed by atoms with E-state index in [0.717, 1.165) is 11.5 Å². The summed E-state index contributed by atoms with van der Waals surface area (Å²) in [6.45, 7) is 4.17. The normalized spacial score (nSPS) is 10.4. The summed E-state index contributed by atoms with van der Waals surface area (Å²) in [5.74, 6) is -0.0949. The maximum atomic E-state index is 11.9. The zero-order valence-corrected chi connectivity index (χ0v) is 13.7. The second kappa shape index (κ2) is 7.43. The largest absolute Gasteiger partial charge is 0.356 e. The predicted octanol–water partition coefficient (Wildman–Crippen LogP) is 1.18. The minimum atomic E-state index is -0.307. The van der Waals surface area contributed by atoms with E-state index >= 15 is 0 Å². The van der Waals surface area contributed by atoms with Crippen molar-refractivity contribution in [2.24, 2.45) is 0 Å². The van der Waals surface area contributed by atoms with Gasteiger partial charge in [0.1, 0.15) is 4.88 Å². The van der Waals surface area contributed by atoms with Crippen LogP contribution in [0.1, 0.15) is 22.3 Å². The number of hydrogen-bond acceptors (Lipinski definition) is 9. The van der Waals surface area contributed by atoms with Gasteiger partial charge in [-0.15, -0.1) is 15.3 Å². The van der Waals surface area contributed by atoms with Crippen LogP contribution < -0.4 is 10.6 Å². The molecule has 8 nitrogen and oxygen atoms in total. The van der Waals surface area contributed by atoms with Gasteiger partial charge in [0, 0.05) is 6.54 Å². The highest BCUT2D eigenvalue weighted by molar-refractivity contribution is 8.01. The number of amides is 2. The van der Waals surface area contributed by atoms with Crippen molar-refractivity contribution in [3.8, 4) is 0 Å². The quantitative estimate of drug-likeness (QED) is 0.598. The number of carbonyl (C=O) groups is 2. The smallest absolute Gasteiger partial charge is 0.271 e. The molecule has 2 aromatic heterocycles. The lowest BCUT2D eigenvalue weighted by molar-refractivity contribution is -0.118. The van der Waals surface area contributed by atoms with E-state index in [9.17, 15) is 9.59 Å². The van der Waals surface area contributed by atoms with Crippen molar-refractivity contribution in [2.75, 3.05) is 17.6 Å². The van der Waals surface area contributed by atoms with Gasteiger partial charge >= 0.3 is 0 Å². The van der Waals surface area contributed by atoms with Crippen molar-refractivity contribution in [3.63, 3.8) is 0 Å². The molecule has 21 heavy (non-hydrogen) atoms. The van der Waals surface area contributed by atoms with E-state index in [4.69, 9.17) is 0 Å². The Hall–Kier alpha value is -1.59. The minimum absolute atomic E-state index is 0.0605. The predicted molar refractivity (Wildman–Crippen MR) is 81.9 cm³/mol. The highest BCUT2D eigenvalue weighted by Gasteiger charge is 2.15. The Kier molecular flexibility index (Phi) is 5.59. The van der Waals surface area contributed by atoms with E-state index in [1.54, 1.807) is 6.92 Å². The van der Waals surface area contributed by atoms with Gasteiger partial charge in [-0.1, -0.05) is 27.6 Å². The Bertz CT molecular complexity index is 640. The molecule has 0 saturated heterocycles. The number of anilines is 1. The third kappa shape index (κ3) is 4.44. The molecule has 2 aromatic rings. The number of aryl methyl sites for hydroxylation is 1. The van der Waals surface area contributed by atoms with E-state index in [1.165, 1.54) is 23.1 Å². The zero-order valence-electron chi connectivity index (χ0n) is 11.2. The number of rotatable bonds is 6. The molecule has 2 rings (SSSR count). The average Bonchev–Trinajstić information content (AvgIpc) is 3.06. The van der Waals surface area contributed by atoms with Crippen molar-refractivity contribution < 1.29 is 9.59 Å². The number of carbonyl (C=O) groups excluding carboxylic acids is 2. The highest BCUT2D eigenvalue weighted by Crippen LogP contribution is 2.25. The number of thioether (sulfide) groups is 1. The van der Waals surface area contributed by atoms with Crippen molar-refractivity contribution in [2.45, 2.75) is 18.2 Å². The molecule has 0 unspecified atom stereocenters. The van der Waals surface area contributed by atoms with Gasteiger partial charge in [0.25, 0.3) is 5.91 Å². The Morgan fingerprint density at radius 2 is 2.10 bits per heavy atom. The fourth-order valence-corrected chi connectivity index (χ4v) is 3.42. The summed E-state index contributed by atoms with van der Waals surface area (Å²) in [6.07, 6.45) is 0. The van der Waals surface area contributed by atoms with Crippen LogP contribution in [0.4, 0.5) is 5.13 Å². The SMILES string of the molecule is CCNC(=O)CSc1nnc(NC(=O)c2snnc2C)s1. The summed E-state index contributed by atoms with van der Waals surface area (Å²) in [4.78, 5) is 23.7. The Morgan fingerprint density at radius 1 is 1.29 bits per heavy atom. The third-order valence-corrected chi connectivity index (χ3v) is 4.98. The molecule has 0 aliphatic carbocycles. The molecule has 0 aliphatic rings. The van der Waals surface area contributed by atoms with E-state index in [-0.39, 0.29) is 17.6 Å². The van der Waals surface area contributed by atoms with Gasteiger partial charge in [-0.2, -0.15) is 0 Å². The summed E-state index contributed by atoms with van der Waals surface area (Å²) in [5, 5.41) is 17.3. The molecule has 0 bridgehead atoms. The number of nitrogens with one attached hydrogen (secondary N) is 2. The molecule has 11 heteroatoms. The van der Waals surface area contributed by atoms with Crippen molar-refractivity contribution in [1.82, 2.24) is 25.1 Å². The second-order valence-electron chi connectivity index (χ2n) is 3.76. The molecule has 0 fully saturated rings. The van der Waals surface area contributed by atoms with Crippen LogP contribution in [0.3, 0.4) is 0 Å². The lowest BCUT2D eigenvalue weighted by Gasteiger charge is -1.98. The number of nitrogens with zero attached hydrogens (tertiary/aromatic N) is 4. The summed E-state index contributed by atoms with van der Waals surface area (Å²) in [7, 11) is 0. The van der Waals surface area contributed by atoms with Gasteiger partial charge in [0.05, 0.1) is 11.4 Å². The van der Waals surface area contributed by atoms with Gasteiger partial charge < -0.3 is 5.32 Å². The number of aromatic nitrogens is 4. The van der Waals surface area contributed by atoms with Gasteiger partial charge in [0.15, 0.2) is 4.34 Å². The van der Waals surface area contributed by atoms with Crippen LogP contribution in [-0.2, 0) is 4.79 Å². The summed E-state index contributed by atoms with van der Waals surface area (Å²) >= 11 is 3.52. The van der Waals surface area contributed by atoms with E-state index in [2.05, 4.69) is 30.4 Å². The minimum Gasteiger partial charge on any atom is -0.356 e. The van der Waals surface area contributed by atoms with Crippen molar-refractivity contribution in [1.29, 1.82) is 0 Å². The van der Waals surface area contributed by atoms with Crippen LogP contribution >= 0.6 is 34.6 Å². The van der Waals surface area contributed by atoms with E-state index in [0.29, 0.717) is 26.6 Å². The van der Waals surface area contributed by atoms with E-state index < -0.39 is 0 Å². The molecule has 2 N–H and O–H groups in total. The fourth-order valence-electron chi connectivity index (χ4n) is 1.29. The Labute approximate surface area is 132 Å².